The number of fused-ring (bicyclic) bond motifs is 1. The Hall–Kier alpha value is -3.15. The SMILES string of the molecule is Nc1cnc(Nc2cccc3ncccc23)cc1C(=O)O. The lowest BCUT2D eigenvalue weighted by molar-refractivity contribution is 0.0698. The molecule has 0 fully saturated rings. The minimum Gasteiger partial charge on any atom is -0.478 e. The summed E-state index contributed by atoms with van der Waals surface area (Å²) in [6, 6.07) is 10.8. The van der Waals surface area contributed by atoms with Gasteiger partial charge in [-0.3, -0.25) is 4.98 Å². The Kier molecular flexibility index (Phi) is 3.12. The van der Waals surface area contributed by atoms with E-state index in [-0.39, 0.29) is 11.3 Å². The van der Waals surface area contributed by atoms with Gasteiger partial charge < -0.3 is 16.2 Å². The first-order chi connectivity index (χ1) is 10.1. The van der Waals surface area contributed by atoms with Crippen molar-refractivity contribution >= 4 is 34.1 Å². The average molecular weight is 280 g/mol. The number of hydrogen-bond acceptors (Lipinski definition) is 5. The summed E-state index contributed by atoms with van der Waals surface area (Å²) in [5, 5.41) is 13.1. The number of carboxylic acids is 1. The molecule has 0 unspecified atom stereocenters. The first-order valence-electron chi connectivity index (χ1n) is 6.25. The molecule has 3 aromatic rings. The molecule has 6 nitrogen and oxygen atoms in total. The van der Waals surface area contributed by atoms with Crippen LogP contribution in [-0.2, 0) is 0 Å². The monoisotopic (exact) mass is 280 g/mol. The van der Waals surface area contributed by atoms with Gasteiger partial charge in [-0.1, -0.05) is 6.07 Å². The van der Waals surface area contributed by atoms with Crippen LogP contribution >= 0.6 is 0 Å². The molecule has 1 aromatic carbocycles. The lowest BCUT2D eigenvalue weighted by atomic mass is 10.1. The maximum absolute atomic E-state index is 11.1. The molecule has 21 heavy (non-hydrogen) atoms. The molecule has 0 aliphatic heterocycles. The van der Waals surface area contributed by atoms with E-state index in [0.29, 0.717) is 5.82 Å². The zero-order valence-electron chi connectivity index (χ0n) is 10.9. The van der Waals surface area contributed by atoms with Crippen LogP contribution in [0.5, 0.6) is 0 Å². The highest BCUT2D eigenvalue weighted by Gasteiger charge is 2.10. The van der Waals surface area contributed by atoms with Crippen LogP contribution in [0.1, 0.15) is 10.4 Å². The first-order valence-corrected chi connectivity index (χ1v) is 6.25. The summed E-state index contributed by atoms with van der Waals surface area (Å²) >= 11 is 0. The maximum atomic E-state index is 11.1. The van der Waals surface area contributed by atoms with Crippen molar-refractivity contribution in [2.24, 2.45) is 0 Å². The zero-order valence-corrected chi connectivity index (χ0v) is 10.9. The molecule has 3 rings (SSSR count). The van der Waals surface area contributed by atoms with Crippen LogP contribution in [0.3, 0.4) is 0 Å². The summed E-state index contributed by atoms with van der Waals surface area (Å²) in [5.74, 6) is -0.671. The third-order valence-electron chi connectivity index (χ3n) is 3.07. The number of carbonyl (C=O) groups is 1. The van der Waals surface area contributed by atoms with Gasteiger partial charge in [-0.05, 0) is 30.3 Å². The number of aromatic carboxylic acids is 1. The van der Waals surface area contributed by atoms with Crippen LogP contribution in [0.25, 0.3) is 10.9 Å². The Balaban J connectivity index is 2.03. The minimum absolute atomic E-state index is 0.0193. The molecule has 2 heterocycles. The van der Waals surface area contributed by atoms with Gasteiger partial charge in [-0.2, -0.15) is 0 Å². The van der Waals surface area contributed by atoms with Crippen molar-refractivity contribution in [2.45, 2.75) is 0 Å². The highest BCUT2D eigenvalue weighted by Crippen LogP contribution is 2.25. The number of nitrogens with zero attached hydrogens (tertiary/aromatic N) is 2. The van der Waals surface area contributed by atoms with Gasteiger partial charge in [-0.15, -0.1) is 0 Å². The topological polar surface area (TPSA) is 101 Å². The van der Waals surface area contributed by atoms with Crippen LogP contribution in [0.15, 0.2) is 48.8 Å². The second-order valence-electron chi connectivity index (χ2n) is 4.46. The van der Waals surface area contributed by atoms with E-state index < -0.39 is 5.97 Å². The van der Waals surface area contributed by atoms with Crippen molar-refractivity contribution in [3.63, 3.8) is 0 Å². The zero-order chi connectivity index (χ0) is 14.8. The Morgan fingerprint density at radius 1 is 1.19 bits per heavy atom. The number of nitrogen functional groups attached to an aromatic ring is 1. The van der Waals surface area contributed by atoms with Crippen molar-refractivity contribution in [1.29, 1.82) is 0 Å². The van der Waals surface area contributed by atoms with E-state index in [0.717, 1.165) is 16.6 Å². The normalized spacial score (nSPS) is 10.5. The summed E-state index contributed by atoms with van der Waals surface area (Å²) in [7, 11) is 0. The van der Waals surface area contributed by atoms with Gasteiger partial charge in [0.05, 0.1) is 23.0 Å². The molecule has 0 aliphatic carbocycles. The van der Waals surface area contributed by atoms with Crippen molar-refractivity contribution in [3.8, 4) is 0 Å². The van der Waals surface area contributed by atoms with Crippen molar-refractivity contribution in [2.75, 3.05) is 11.1 Å². The molecule has 2 aromatic heterocycles. The number of anilines is 3. The number of carboxylic acid groups (broad SMARTS) is 1. The van der Waals surface area contributed by atoms with Crippen LogP contribution in [-0.4, -0.2) is 21.0 Å². The molecule has 0 atom stereocenters. The van der Waals surface area contributed by atoms with Gasteiger partial charge >= 0.3 is 5.97 Å². The summed E-state index contributed by atoms with van der Waals surface area (Å²) in [6.45, 7) is 0. The van der Waals surface area contributed by atoms with Crippen molar-refractivity contribution in [1.82, 2.24) is 9.97 Å². The third kappa shape index (κ3) is 2.46. The van der Waals surface area contributed by atoms with Crippen LogP contribution in [0, 0.1) is 0 Å². The first kappa shape index (κ1) is 12.9. The fourth-order valence-corrected chi connectivity index (χ4v) is 2.07. The summed E-state index contributed by atoms with van der Waals surface area (Å²) in [6.07, 6.45) is 3.05. The number of benzene rings is 1. The van der Waals surface area contributed by atoms with E-state index in [1.54, 1.807) is 6.20 Å². The molecule has 0 radical (unpaired) electrons. The second kappa shape index (κ2) is 5.09. The highest BCUT2D eigenvalue weighted by atomic mass is 16.4. The Morgan fingerprint density at radius 3 is 2.86 bits per heavy atom. The van der Waals surface area contributed by atoms with E-state index in [1.165, 1.54) is 12.3 Å². The number of rotatable bonds is 3. The summed E-state index contributed by atoms with van der Waals surface area (Å²) in [5.41, 5.74) is 7.39. The minimum atomic E-state index is -1.09. The predicted molar refractivity (Wildman–Crippen MR) is 80.6 cm³/mol. The van der Waals surface area contributed by atoms with Gasteiger partial charge in [0, 0.05) is 17.3 Å². The smallest absolute Gasteiger partial charge is 0.337 e. The van der Waals surface area contributed by atoms with E-state index in [4.69, 9.17) is 10.8 Å². The summed E-state index contributed by atoms with van der Waals surface area (Å²) < 4.78 is 0. The van der Waals surface area contributed by atoms with E-state index in [1.807, 2.05) is 30.3 Å². The van der Waals surface area contributed by atoms with Crippen LogP contribution < -0.4 is 11.1 Å². The maximum Gasteiger partial charge on any atom is 0.337 e. The quantitative estimate of drug-likeness (QED) is 0.681. The van der Waals surface area contributed by atoms with Gasteiger partial charge in [-0.25, -0.2) is 9.78 Å². The van der Waals surface area contributed by atoms with E-state index in [2.05, 4.69) is 15.3 Å². The Labute approximate surface area is 120 Å². The molecule has 0 saturated heterocycles. The summed E-state index contributed by atoms with van der Waals surface area (Å²) in [4.78, 5) is 19.5. The molecule has 104 valence electrons. The van der Waals surface area contributed by atoms with Gasteiger partial charge in [0.15, 0.2) is 0 Å². The third-order valence-corrected chi connectivity index (χ3v) is 3.07. The fraction of sp³-hybridized carbons (Fsp3) is 0. The number of nitrogens with one attached hydrogen (secondary N) is 1. The lowest BCUT2D eigenvalue weighted by Gasteiger charge is -2.10. The number of hydrogen-bond donors (Lipinski definition) is 3. The molecular formula is C15H12N4O2. The Bertz CT molecular complexity index is 828. The largest absolute Gasteiger partial charge is 0.478 e. The fourth-order valence-electron chi connectivity index (χ4n) is 2.07. The van der Waals surface area contributed by atoms with Crippen molar-refractivity contribution in [3.05, 3.63) is 54.4 Å². The molecule has 0 bridgehead atoms. The average Bonchev–Trinajstić information content (AvgIpc) is 2.49. The number of pyridine rings is 2. The number of nitrogens with two attached hydrogens (primary N) is 1. The van der Waals surface area contributed by atoms with Gasteiger partial charge in [0.2, 0.25) is 0 Å². The molecule has 4 N–H and O–H groups in total. The molecule has 6 heteroatoms. The molecular weight excluding hydrogens is 268 g/mol. The highest BCUT2D eigenvalue weighted by molar-refractivity contribution is 5.96. The molecule has 0 saturated carbocycles. The molecule has 0 amide bonds. The van der Waals surface area contributed by atoms with Crippen molar-refractivity contribution < 1.29 is 9.90 Å². The van der Waals surface area contributed by atoms with Gasteiger partial charge in [0.1, 0.15) is 5.82 Å². The second-order valence-corrected chi connectivity index (χ2v) is 4.46. The van der Waals surface area contributed by atoms with Crippen LogP contribution in [0.2, 0.25) is 0 Å². The Morgan fingerprint density at radius 2 is 2.05 bits per heavy atom. The van der Waals surface area contributed by atoms with Gasteiger partial charge in [0.25, 0.3) is 0 Å². The predicted octanol–water partition coefficient (Wildman–Crippen LogP) is 2.65. The lowest BCUT2D eigenvalue weighted by Crippen LogP contribution is -2.05. The standard InChI is InChI=1S/C15H12N4O2/c16-11-8-18-14(7-10(11)15(20)21)19-13-5-1-4-12-9(13)3-2-6-17-12/h1-8H,16H2,(H,18,19)(H,20,21). The molecule has 0 aliphatic rings. The van der Waals surface area contributed by atoms with Crippen LogP contribution in [0.4, 0.5) is 17.2 Å². The molecule has 0 spiro atoms. The van der Waals surface area contributed by atoms with E-state index >= 15 is 0 Å². The van der Waals surface area contributed by atoms with E-state index in [9.17, 15) is 4.79 Å². The number of aromatic nitrogens is 2.